The molecular weight excluding hydrogens is 444 g/mol. The van der Waals surface area contributed by atoms with Crippen LogP contribution in [0.25, 0.3) is 17.1 Å². The SMILES string of the molecule is CCOc1ccc(-c2c(C(=O)N/N=C(\C)c3cc(C)sc3C)nnn2-c2nonc2N)cc1. The monoisotopic (exact) mass is 466 g/mol. The van der Waals surface area contributed by atoms with E-state index >= 15 is 0 Å². The van der Waals surface area contributed by atoms with Crippen LogP contribution in [0, 0.1) is 13.8 Å². The maximum atomic E-state index is 13.1. The van der Waals surface area contributed by atoms with E-state index in [-0.39, 0.29) is 17.3 Å². The van der Waals surface area contributed by atoms with Crippen molar-refractivity contribution in [3.8, 4) is 22.8 Å². The van der Waals surface area contributed by atoms with E-state index in [1.165, 1.54) is 9.56 Å². The van der Waals surface area contributed by atoms with Gasteiger partial charge in [-0.2, -0.15) is 9.78 Å². The van der Waals surface area contributed by atoms with Crippen molar-refractivity contribution >= 4 is 28.8 Å². The van der Waals surface area contributed by atoms with Crippen LogP contribution in [0.5, 0.6) is 5.75 Å². The van der Waals surface area contributed by atoms with Crippen molar-refractivity contribution in [2.45, 2.75) is 27.7 Å². The zero-order chi connectivity index (χ0) is 23.5. The number of hydrogen-bond donors (Lipinski definition) is 2. The van der Waals surface area contributed by atoms with Gasteiger partial charge in [0.05, 0.1) is 12.3 Å². The topological polar surface area (TPSA) is 146 Å². The average molecular weight is 467 g/mol. The molecular formula is C21H22N8O3S. The van der Waals surface area contributed by atoms with Crippen molar-refractivity contribution in [1.29, 1.82) is 0 Å². The normalized spacial score (nSPS) is 11.6. The Kier molecular flexibility index (Phi) is 6.18. The Hall–Kier alpha value is -4.06. The summed E-state index contributed by atoms with van der Waals surface area (Å²) in [4.78, 5) is 15.3. The molecule has 0 fully saturated rings. The predicted molar refractivity (Wildman–Crippen MR) is 124 cm³/mol. The summed E-state index contributed by atoms with van der Waals surface area (Å²) < 4.78 is 11.5. The molecule has 0 aliphatic rings. The van der Waals surface area contributed by atoms with Gasteiger partial charge in [-0.05, 0) is 68.3 Å². The number of thiophene rings is 1. The molecule has 0 unspecified atom stereocenters. The van der Waals surface area contributed by atoms with Crippen LogP contribution in [-0.4, -0.2) is 43.5 Å². The number of nitrogens with zero attached hydrogens (tertiary/aromatic N) is 6. The third-order valence-corrected chi connectivity index (χ3v) is 5.74. The lowest BCUT2D eigenvalue weighted by Crippen LogP contribution is -2.21. The van der Waals surface area contributed by atoms with Crippen molar-refractivity contribution < 1.29 is 14.2 Å². The number of amides is 1. The Morgan fingerprint density at radius 3 is 2.64 bits per heavy atom. The number of nitrogens with one attached hydrogen (secondary N) is 1. The van der Waals surface area contributed by atoms with Crippen LogP contribution in [0.15, 0.2) is 40.1 Å². The molecule has 1 aromatic carbocycles. The van der Waals surface area contributed by atoms with Crippen molar-refractivity contribution in [1.82, 2.24) is 30.7 Å². The predicted octanol–water partition coefficient (Wildman–Crippen LogP) is 3.13. The number of hydrogen-bond acceptors (Lipinski definition) is 10. The summed E-state index contributed by atoms with van der Waals surface area (Å²) in [5.41, 5.74) is 11.1. The molecule has 4 aromatic rings. The van der Waals surface area contributed by atoms with Crippen LogP contribution >= 0.6 is 11.3 Å². The number of anilines is 1. The van der Waals surface area contributed by atoms with Crippen molar-refractivity contribution in [3.05, 3.63) is 51.3 Å². The van der Waals surface area contributed by atoms with Crippen LogP contribution in [0.3, 0.4) is 0 Å². The molecule has 4 rings (SSSR count). The molecule has 3 aromatic heterocycles. The highest BCUT2D eigenvalue weighted by Gasteiger charge is 2.25. The van der Waals surface area contributed by atoms with Gasteiger partial charge in [-0.25, -0.2) is 10.1 Å². The Morgan fingerprint density at radius 1 is 1.27 bits per heavy atom. The lowest BCUT2D eigenvalue weighted by Gasteiger charge is -2.08. The number of benzene rings is 1. The molecule has 12 heteroatoms. The fourth-order valence-electron chi connectivity index (χ4n) is 3.29. The minimum Gasteiger partial charge on any atom is -0.494 e. The Labute approximate surface area is 193 Å². The van der Waals surface area contributed by atoms with E-state index in [0.29, 0.717) is 29.3 Å². The largest absolute Gasteiger partial charge is 0.494 e. The van der Waals surface area contributed by atoms with Gasteiger partial charge in [0.1, 0.15) is 11.4 Å². The Morgan fingerprint density at radius 2 is 2.03 bits per heavy atom. The first kappa shape index (κ1) is 22.1. The first-order chi connectivity index (χ1) is 15.9. The summed E-state index contributed by atoms with van der Waals surface area (Å²) in [6.07, 6.45) is 0. The second kappa shape index (κ2) is 9.20. The van der Waals surface area contributed by atoms with Crippen LogP contribution in [-0.2, 0) is 0 Å². The van der Waals surface area contributed by atoms with E-state index in [9.17, 15) is 4.79 Å². The number of nitrogens with two attached hydrogens (primary N) is 1. The van der Waals surface area contributed by atoms with E-state index in [1.807, 2.05) is 33.8 Å². The van der Waals surface area contributed by atoms with Crippen molar-refractivity contribution in [2.75, 3.05) is 12.3 Å². The highest BCUT2D eigenvalue weighted by atomic mass is 32.1. The third-order valence-electron chi connectivity index (χ3n) is 4.78. The zero-order valence-electron chi connectivity index (χ0n) is 18.5. The minimum absolute atomic E-state index is 0.0104. The maximum absolute atomic E-state index is 13.1. The molecule has 0 aliphatic heterocycles. The highest BCUT2D eigenvalue weighted by Crippen LogP contribution is 2.28. The first-order valence-corrected chi connectivity index (χ1v) is 10.9. The summed E-state index contributed by atoms with van der Waals surface area (Å²) >= 11 is 1.67. The summed E-state index contributed by atoms with van der Waals surface area (Å²) in [5.74, 6) is 0.283. The van der Waals surface area contributed by atoms with E-state index < -0.39 is 5.91 Å². The molecule has 3 heterocycles. The highest BCUT2D eigenvalue weighted by molar-refractivity contribution is 7.12. The number of rotatable bonds is 7. The molecule has 0 saturated carbocycles. The molecule has 0 spiro atoms. The second-order valence-corrected chi connectivity index (χ2v) is 8.55. The smallest absolute Gasteiger partial charge is 0.294 e. The van der Waals surface area contributed by atoms with Gasteiger partial charge in [0.2, 0.25) is 11.6 Å². The second-order valence-electron chi connectivity index (χ2n) is 7.09. The quantitative estimate of drug-likeness (QED) is 0.312. The number of aryl methyl sites for hydroxylation is 2. The fraction of sp³-hybridized carbons (Fsp3) is 0.238. The van der Waals surface area contributed by atoms with Crippen LogP contribution < -0.4 is 15.9 Å². The summed E-state index contributed by atoms with van der Waals surface area (Å²) in [7, 11) is 0. The van der Waals surface area contributed by atoms with Gasteiger partial charge >= 0.3 is 0 Å². The van der Waals surface area contributed by atoms with Gasteiger partial charge in [-0.1, -0.05) is 5.21 Å². The molecule has 0 bridgehead atoms. The van der Waals surface area contributed by atoms with Gasteiger partial charge in [0.15, 0.2) is 5.69 Å². The molecule has 0 aliphatic carbocycles. The van der Waals surface area contributed by atoms with Gasteiger partial charge in [-0.15, -0.1) is 16.4 Å². The molecule has 0 radical (unpaired) electrons. The molecule has 1 amide bonds. The van der Waals surface area contributed by atoms with Crippen LogP contribution in [0.2, 0.25) is 0 Å². The molecule has 170 valence electrons. The molecule has 11 nitrogen and oxygen atoms in total. The van der Waals surface area contributed by atoms with Crippen molar-refractivity contribution in [2.24, 2.45) is 5.10 Å². The minimum atomic E-state index is -0.538. The van der Waals surface area contributed by atoms with E-state index in [0.717, 1.165) is 10.4 Å². The fourth-order valence-corrected chi connectivity index (χ4v) is 4.27. The molecule has 3 N–H and O–H groups in total. The van der Waals surface area contributed by atoms with Crippen LogP contribution in [0.1, 0.15) is 39.7 Å². The third kappa shape index (κ3) is 4.46. The van der Waals surface area contributed by atoms with Gasteiger partial charge in [0, 0.05) is 20.9 Å². The summed E-state index contributed by atoms with van der Waals surface area (Å²) in [6, 6.07) is 9.17. The summed E-state index contributed by atoms with van der Waals surface area (Å²) in [5, 5.41) is 19.8. The zero-order valence-corrected chi connectivity index (χ0v) is 19.3. The van der Waals surface area contributed by atoms with Gasteiger partial charge < -0.3 is 10.5 Å². The lowest BCUT2D eigenvalue weighted by molar-refractivity contribution is 0.0950. The van der Waals surface area contributed by atoms with Crippen molar-refractivity contribution in [3.63, 3.8) is 0 Å². The van der Waals surface area contributed by atoms with E-state index in [1.54, 1.807) is 35.6 Å². The van der Waals surface area contributed by atoms with Gasteiger partial charge in [0.25, 0.3) is 5.91 Å². The number of hydrazone groups is 1. The van der Waals surface area contributed by atoms with Crippen LogP contribution in [0.4, 0.5) is 5.82 Å². The summed E-state index contributed by atoms with van der Waals surface area (Å²) in [6.45, 7) is 8.31. The number of nitrogen functional groups attached to an aromatic ring is 1. The maximum Gasteiger partial charge on any atom is 0.294 e. The number of aromatic nitrogens is 5. The van der Waals surface area contributed by atoms with E-state index in [2.05, 4.69) is 31.2 Å². The van der Waals surface area contributed by atoms with Gasteiger partial charge in [-0.3, -0.25) is 4.79 Å². The average Bonchev–Trinajstić information content (AvgIpc) is 3.50. The molecule has 0 saturated heterocycles. The molecule has 0 atom stereocenters. The Bertz CT molecular complexity index is 1320. The number of carbonyl (C=O) groups excluding carboxylic acids is 1. The number of ether oxygens (including phenoxy) is 1. The lowest BCUT2D eigenvalue weighted by atomic mass is 10.1. The molecule has 33 heavy (non-hydrogen) atoms. The first-order valence-electron chi connectivity index (χ1n) is 10.1. The van der Waals surface area contributed by atoms with E-state index in [4.69, 9.17) is 15.1 Å². The number of carbonyl (C=O) groups is 1. The Balaban J connectivity index is 1.71. The standard InChI is InChI=1S/C21H22N8O3S/c1-5-31-15-8-6-14(7-9-15)18-17(24-28-29(18)20-19(22)26-32-27-20)21(30)25-23-12(3)16-10-11(2)33-13(16)4/h6-10H,5H2,1-4H3,(H2,22,26)(H,25,30)/b23-12+.